The number of ether oxygens (including phenoxy) is 3. The minimum atomic E-state index is -0.207. The lowest BCUT2D eigenvalue weighted by atomic mass is 9.81. The monoisotopic (exact) mass is 293 g/mol. The van der Waals surface area contributed by atoms with Crippen molar-refractivity contribution in [3.63, 3.8) is 0 Å². The fourth-order valence-corrected chi connectivity index (χ4v) is 3.14. The molecule has 1 fully saturated rings. The maximum Gasteiger partial charge on any atom is 0.160 e. The van der Waals surface area contributed by atoms with E-state index < -0.39 is 0 Å². The van der Waals surface area contributed by atoms with Crippen molar-refractivity contribution in [2.75, 3.05) is 27.4 Å². The Morgan fingerprint density at radius 1 is 1.19 bits per heavy atom. The Morgan fingerprint density at radius 3 is 2.48 bits per heavy atom. The Morgan fingerprint density at radius 2 is 1.86 bits per heavy atom. The summed E-state index contributed by atoms with van der Waals surface area (Å²) in [5.74, 6) is 2.19. The zero-order valence-electron chi connectivity index (χ0n) is 13.4. The molecule has 1 unspecified atom stereocenters. The van der Waals surface area contributed by atoms with E-state index in [1.165, 1.54) is 5.56 Å². The summed E-state index contributed by atoms with van der Waals surface area (Å²) in [5.41, 5.74) is 7.51. The summed E-state index contributed by atoms with van der Waals surface area (Å²) in [6.45, 7) is 3.88. The first kappa shape index (κ1) is 16.1. The number of nitrogens with two attached hydrogens (primary N) is 1. The third-order valence-electron chi connectivity index (χ3n) is 4.15. The van der Waals surface area contributed by atoms with Gasteiger partial charge in [-0.15, -0.1) is 0 Å². The van der Waals surface area contributed by atoms with E-state index in [9.17, 15) is 0 Å². The fraction of sp³-hybridized carbons (Fsp3) is 0.647. The van der Waals surface area contributed by atoms with E-state index in [-0.39, 0.29) is 5.54 Å². The average molecular weight is 293 g/mol. The van der Waals surface area contributed by atoms with Crippen LogP contribution in [0.2, 0.25) is 0 Å². The maximum atomic E-state index is 6.53. The SMILES string of the molecule is COc1ccc(CC(C)(N)CC2CCOCC2)cc1OC. The molecule has 0 radical (unpaired) electrons. The molecule has 0 spiro atoms. The number of hydrogen-bond donors (Lipinski definition) is 1. The molecule has 4 nitrogen and oxygen atoms in total. The van der Waals surface area contributed by atoms with Crippen LogP contribution in [0.5, 0.6) is 11.5 Å². The largest absolute Gasteiger partial charge is 0.493 e. The number of methoxy groups -OCH3 is 2. The second kappa shape index (κ2) is 7.14. The fourth-order valence-electron chi connectivity index (χ4n) is 3.14. The van der Waals surface area contributed by atoms with Gasteiger partial charge in [0.05, 0.1) is 14.2 Å². The van der Waals surface area contributed by atoms with Gasteiger partial charge < -0.3 is 19.9 Å². The van der Waals surface area contributed by atoms with E-state index in [1.54, 1.807) is 14.2 Å². The van der Waals surface area contributed by atoms with Gasteiger partial charge in [-0.05, 0) is 56.2 Å². The molecule has 2 rings (SSSR count). The van der Waals surface area contributed by atoms with E-state index in [4.69, 9.17) is 19.9 Å². The third kappa shape index (κ3) is 4.61. The molecule has 1 aromatic rings. The van der Waals surface area contributed by atoms with Crippen LogP contribution < -0.4 is 15.2 Å². The number of benzene rings is 1. The molecule has 21 heavy (non-hydrogen) atoms. The zero-order chi connectivity index (χ0) is 15.3. The Labute approximate surface area is 127 Å². The second-order valence-corrected chi connectivity index (χ2v) is 6.28. The van der Waals surface area contributed by atoms with E-state index in [2.05, 4.69) is 13.0 Å². The lowest BCUT2D eigenvalue weighted by Crippen LogP contribution is -2.41. The number of hydrogen-bond acceptors (Lipinski definition) is 4. The summed E-state index contributed by atoms with van der Waals surface area (Å²) in [7, 11) is 3.31. The van der Waals surface area contributed by atoms with Crippen molar-refractivity contribution in [3.05, 3.63) is 23.8 Å². The molecule has 118 valence electrons. The normalized spacial score (nSPS) is 19.0. The van der Waals surface area contributed by atoms with E-state index in [1.807, 2.05) is 12.1 Å². The van der Waals surface area contributed by atoms with Gasteiger partial charge in [0.2, 0.25) is 0 Å². The molecule has 4 heteroatoms. The van der Waals surface area contributed by atoms with Crippen molar-refractivity contribution in [1.29, 1.82) is 0 Å². The molecule has 1 atom stereocenters. The molecule has 1 aliphatic rings. The molecule has 1 saturated heterocycles. The van der Waals surface area contributed by atoms with Gasteiger partial charge in [-0.1, -0.05) is 6.07 Å². The van der Waals surface area contributed by atoms with Crippen LogP contribution in [-0.4, -0.2) is 33.0 Å². The van der Waals surface area contributed by atoms with Crippen molar-refractivity contribution < 1.29 is 14.2 Å². The Bertz CT molecular complexity index is 453. The van der Waals surface area contributed by atoms with Crippen LogP contribution in [-0.2, 0) is 11.2 Å². The lowest BCUT2D eigenvalue weighted by Gasteiger charge is -2.32. The molecule has 1 aromatic carbocycles. The molecule has 0 bridgehead atoms. The summed E-state index contributed by atoms with van der Waals surface area (Å²) in [6.07, 6.45) is 4.12. The molecule has 0 aromatic heterocycles. The topological polar surface area (TPSA) is 53.7 Å². The first-order chi connectivity index (χ1) is 10.0. The van der Waals surface area contributed by atoms with Gasteiger partial charge in [0.25, 0.3) is 0 Å². The van der Waals surface area contributed by atoms with Crippen LogP contribution in [0.15, 0.2) is 18.2 Å². The van der Waals surface area contributed by atoms with Crippen LogP contribution >= 0.6 is 0 Å². The molecule has 2 N–H and O–H groups in total. The zero-order valence-corrected chi connectivity index (χ0v) is 13.4. The van der Waals surface area contributed by atoms with Crippen molar-refractivity contribution in [3.8, 4) is 11.5 Å². The van der Waals surface area contributed by atoms with Crippen molar-refractivity contribution >= 4 is 0 Å². The summed E-state index contributed by atoms with van der Waals surface area (Å²) in [4.78, 5) is 0. The van der Waals surface area contributed by atoms with E-state index in [0.717, 1.165) is 50.4 Å². The van der Waals surface area contributed by atoms with Crippen molar-refractivity contribution in [2.24, 2.45) is 11.7 Å². The highest BCUT2D eigenvalue weighted by atomic mass is 16.5. The maximum absolute atomic E-state index is 6.53. The van der Waals surface area contributed by atoms with Gasteiger partial charge in [-0.3, -0.25) is 0 Å². The van der Waals surface area contributed by atoms with Gasteiger partial charge in [-0.25, -0.2) is 0 Å². The first-order valence-corrected chi connectivity index (χ1v) is 7.61. The van der Waals surface area contributed by atoms with Crippen LogP contribution in [0.25, 0.3) is 0 Å². The molecular formula is C17H27NO3. The predicted octanol–water partition coefficient (Wildman–Crippen LogP) is 2.78. The van der Waals surface area contributed by atoms with E-state index in [0.29, 0.717) is 5.92 Å². The Hall–Kier alpha value is -1.26. The van der Waals surface area contributed by atoms with Crippen LogP contribution in [0, 0.1) is 5.92 Å². The van der Waals surface area contributed by atoms with Gasteiger partial charge in [0.1, 0.15) is 0 Å². The lowest BCUT2D eigenvalue weighted by molar-refractivity contribution is 0.0572. The quantitative estimate of drug-likeness (QED) is 0.876. The van der Waals surface area contributed by atoms with Crippen LogP contribution in [0.1, 0.15) is 31.7 Å². The van der Waals surface area contributed by atoms with Crippen LogP contribution in [0.3, 0.4) is 0 Å². The van der Waals surface area contributed by atoms with E-state index >= 15 is 0 Å². The smallest absolute Gasteiger partial charge is 0.160 e. The van der Waals surface area contributed by atoms with Crippen molar-refractivity contribution in [2.45, 2.75) is 38.1 Å². The minimum absolute atomic E-state index is 0.207. The number of rotatable bonds is 6. The summed E-state index contributed by atoms with van der Waals surface area (Å²) in [6, 6.07) is 6.03. The molecule has 1 aliphatic heterocycles. The minimum Gasteiger partial charge on any atom is -0.493 e. The molecule has 0 saturated carbocycles. The molecule has 0 amide bonds. The van der Waals surface area contributed by atoms with Gasteiger partial charge >= 0.3 is 0 Å². The van der Waals surface area contributed by atoms with Crippen LogP contribution in [0.4, 0.5) is 0 Å². The first-order valence-electron chi connectivity index (χ1n) is 7.61. The highest BCUT2D eigenvalue weighted by Crippen LogP contribution is 2.31. The summed E-state index contributed by atoms with van der Waals surface area (Å²) < 4.78 is 16.0. The standard InChI is InChI=1S/C17H27NO3/c1-17(18,11-13-6-8-21-9-7-13)12-14-4-5-15(19-2)16(10-14)20-3/h4-5,10,13H,6-9,11-12,18H2,1-3H3. The second-order valence-electron chi connectivity index (χ2n) is 6.28. The predicted molar refractivity (Wildman–Crippen MR) is 84.0 cm³/mol. The summed E-state index contributed by atoms with van der Waals surface area (Å²) >= 11 is 0. The van der Waals surface area contributed by atoms with Crippen molar-refractivity contribution in [1.82, 2.24) is 0 Å². The Balaban J connectivity index is 2.01. The highest BCUT2D eigenvalue weighted by Gasteiger charge is 2.26. The van der Waals surface area contributed by atoms with Gasteiger partial charge in [0.15, 0.2) is 11.5 Å². The highest BCUT2D eigenvalue weighted by molar-refractivity contribution is 5.43. The molecule has 0 aliphatic carbocycles. The van der Waals surface area contributed by atoms with Gasteiger partial charge in [0, 0.05) is 18.8 Å². The molecule has 1 heterocycles. The van der Waals surface area contributed by atoms with Gasteiger partial charge in [-0.2, -0.15) is 0 Å². The Kier molecular flexibility index (Phi) is 5.48. The third-order valence-corrected chi connectivity index (χ3v) is 4.15. The molecular weight excluding hydrogens is 266 g/mol. The average Bonchev–Trinajstić information content (AvgIpc) is 2.47. The summed E-state index contributed by atoms with van der Waals surface area (Å²) in [5, 5.41) is 0.